The SMILES string of the molecule is CCC1NC(c2ccccc2)C(=O)N1C1CCS(=O)(=O)C1. The zero-order valence-corrected chi connectivity index (χ0v) is 12.8. The van der Waals surface area contributed by atoms with Crippen LogP contribution in [0.25, 0.3) is 0 Å². The molecule has 2 aliphatic rings. The van der Waals surface area contributed by atoms with Crippen molar-refractivity contribution in [2.24, 2.45) is 0 Å². The summed E-state index contributed by atoms with van der Waals surface area (Å²) in [7, 11) is -2.99. The zero-order valence-electron chi connectivity index (χ0n) is 12.0. The highest BCUT2D eigenvalue weighted by atomic mass is 32.2. The molecule has 5 nitrogen and oxygen atoms in total. The molecule has 0 aromatic heterocycles. The molecule has 3 rings (SSSR count). The van der Waals surface area contributed by atoms with Gasteiger partial charge in [-0.2, -0.15) is 0 Å². The standard InChI is InChI=1S/C15H20N2O3S/c1-2-13-16-14(11-6-4-3-5-7-11)15(18)17(13)12-8-9-21(19,20)10-12/h3-7,12-14,16H,2,8-10H2,1H3. The fraction of sp³-hybridized carbons (Fsp3) is 0.533. The highest BCUT2D eigenvalue weighted by Crippen LogP contribution is 2.30. The van der Waals surface area contributed by atoms with E-state index >= 15 is 0 Å². The van der Waals surface area contributed by atoms with Gasteiger partial charge in [0.2, 0.25) is 5.91 Å². The van der Waals surface area contributed by atoms with E-state index in [1.165, 1.54) is 0 Å². The highest BCUT2D eigenvalue weighted by Gasteiger charge is 2.45. The maximum atomic E-state index is 12.7. The quantitative estimate of drug-likeness (QED) is 0.907. The third-order valence-electron chi connectivity index (χ3n) is 4.32. The van der Waals surface area contributed by atoms with Gasteiger partial charge in [0, 0.05) is 6.04 Å². The summed E-state index contributed by atoms with van der Waals surface area (Å²) in [4.78, 5) is 14.5. The van der Waals surface area contributed by atoms with Crippen LogP contribution in [0, 0.1) is 0 Å². The molecule has 3 unspecified atom stereocenters. The maximum Gasteiger partial charge on any atom is 0.245 e. The molecule has 0 aliphatic carbocycles. The Morgan fingerprint density at radius 3 is 2.57 bits per heavy atom. The van der Waals surface area contributed by atoms with Gasteiger partial charge in [0.1, 0.15) is 6.04 Å². The Hall–Kier alpha value is -1.40. The Balaban J connectivity index is 1.86. The number of carbonyl (C=O) groups excluding carboxylic acids is 1. The van der Waals surface area contributed by atoms with Gasteiger partial charge < -0.3 is 4.90 Å². The summed E-state index contributed by atoms with van der Waals surface area (Å²) in [6, 6.07) is 9.05. The van der Waals surface area contributed by atoms with Crippen LogP contribution in [0.5, 0.6) is 0 Å². The highest BCUT2D eigenvalue weighted by molar-refractivity contribution is 7.91. The molecule has 1 N–H and O–H groups in total. The second kappa shape index (κ2) is 5.42. The van der Waals surface area contributed by atoms with Gasteiger partial charge in [-0.05, 0) is 18.4 Å². The van der Waals surface area contributed by atoms with Gasteiger partial charge in [0.05, 0.1) is 17.7 Å². The molecule has 2 heterocycles. The van der Waals surface area contributed by atoms with Crippen LogP contribution in [-0.4, -0.2) is 42.9 Å². The number of benzene rings is 1. The molecule has 0 bridgehead atoms. The predicted octanol–water partition coefficient (Wildman–Crippen LogP) is 1.08. The van der Waals surface area contributed by atoms with Gasteiger partial charge in [0.25, 0.3) is 0 Å². The van der Waals surface area contributed by atoms with Crippen LogP contribution in [-0.2, 0) is 14.6 Å². The van der Waals surface area contributed by atoms with Crippen LogP contribution in [0.1, 0.15) is 31.4 Å². The molecule has 1 aromatic carbocycles. The zero-order chi connectivity index (χ0) is 15.0. The van der Waals surface area contributed by atoms with E-state index in [1.54, 1.807) is 4.90 Å². The van der Waals surface area contributed by atoms with Crippen LogP contribution in [0.3, 0.4) is 0 Å². The number of nitrogens with zero attached hydrogens (tertiary/aromatic N) is 1. The summed E-state index contributed by atoms with van der Waals surface area (Å²) in [6.45, 7) is 2.01. The minimum absolute atomic E-state index is 0.00449. The van der Waals surface area contributed by atoms with Gasteiger partial charge in [-0.1, -0.05) is 37.3 Å². The first-order valence-electron chi connectivity index (χ1n) is 7.35. The van der Waals surface area contributed by atoms with Gasteiger partial charge in [0.15, 0.2) is 9.84 Å². The first kappa shape index (κ1) is 14.5. The van der Waals surface area contributed by atoms with Gasteiger partial charge in [-0.25, -0.2) is 8.42 Å². The molecule has 1 amide bonds. The van der Waals surface area contributed by atoms with Crippen molar-refractivity contribution in [1.29, 1.82) is 0 Å². The Morgan fingerprint density at radius 2 is 2.00 bits per heavy atom. The summed E-state index contributed by atoms with van der Waals surface area (Å²) in [5.74, 6) is 0.280. The van der Waals surface area contributed by atoms with Gasteiger partial charge >= 0.3 is 0 Å². The van der Waals surface area contributed by atoms with Crippen molar-refractivity contribution in [3.63, 3.8) is 0 Å². The molecule has 3 atom stereocenters. The van der Waals surface area contributed by atoms with Crippen molar-refractivity contribution in [1.82, 2.24) is 10.2 Å². The second-order valence-electron chi connectivity index (χ2n) is 5.74. The largest absolute Gasteiger partial charge is 0.321 e. The first-order valence-corrected chi connectivity index (χ1v) is 9.17. The van der Waals surface area contributed by atoms with Crippen molar-refractivity contribution in [3.05, 3.63) is 35.9 Å². The number of nitrogens with one attached hydrogen (secondary N) is 1. The van der Waals surface area contributed by atoms with Crippen molar-refractivity contribution >= 4 is 15.7 Å². The molecule has 6 heteroatoms. The predicted molar refractivity (Wildman–Crippen MR) is 80.3 cm³/mol. The average Bonchev–Trinajstić information content (AvgIpc) is 2.99. The fourth-order valence-corrected chi connectivity index (χ4v) is 4.99. The monoisotopic (exact) mass is 308 g/mol. The molecule has 0 saturated carbocycles. The topological polar surface area (TPSA) is 66.5 Å². The van der Waals surface area contributed by atoms with Crippen LogP contribution in [0.4, 0.5) is 0 Å². The second-order valence-corrected chi connectivity index (χ2v) is 7.97. The van der Waals surface area contributed by atoms with Crippen molar-refractivity contribution < 1.29 is 13.2 Å². The van der Waals surface area contributed by atoms with Gasteiger partial charge in [-0.3, -0.25) is 10.1 Å². The van der Waals surface area contributed by atoms with Crippen molar-refractivity contribution in [2.75, 3.05) is 11.5 Å². The number of sulfone groups is 1. The number of hydrogen-bond acceptors (Lipinski definition) is 4. The third kappa shape index (κ3) is 2.70. The molecule has 2 aliphatic heterocycles. The van der Waals surface area contributed by atoms with E-state index in [2.05, 4.69) is 5.32 Å². The molecule has 0 spiro atoms. The molecule has 2 saturated heterocycles. The fourth-order valence-electron chi connectivity index (χ4n) is 3.27. The lowest BCUT2D eigenvalue weighted by molar-refractivity contribution is -0.132. The minimum Gasteiger partial charge on any atom is -0.321 e. The first-order chi connectivity index (χ1) is 10.0. The number of rotatable bonds is 3. The summed E-state index contributed by atoms with van der Waals surface area (Å²) in [5, 5.41) is 3.34. The van der Waals surface area contributed by atoms with Crippen LogP contribution < -0.4 is 5.32 Å². The molecule has 21 heavy (non-hydrogen) atoms. The number of carbonyl (C=O) groups is 1. The van der Waals surface area contributed by atoms with Crippen LogP contribution in [0.2, 0.25) is 0 Å². The van der Waals surface area contributed by atoms with Crippen LogP contribution in [0.15, 0.2) is 30.3 Å². The maximum absolute atomic E-state index is 12.7. The van der Waals surface area contributed by atoms with E-state index < -0.39 is 9.84 Å². The molecular formula is C15H20N2O3S. The van der Waals surface area contributed by atoms with E-state index in [4.69, 9.17) is 0 Å². The van der Waals surface area contributed by atoms with E-state index in [9.17, 15) is 13.2 Å². The molecule has 0 radical (unpaired) electrons. The summed E-state index contributed by atoms with van der Waals surface area (Å²) in [5.41, 5.74) is 0.935. The Bertz CT molecular complexity index is 630. The molecule has 1 aromatic rings. The lowest BCUT2D eigenvalue weighted by atomic mass is 10.1. The van der Waals surface area contributed by atoms with E-state index in [0.717, 1.165) is 12.0 Å². The smallest absolute Gasteiger partial charge is 0.245 e. The van der Waals surface area contributed by atoms with Crippen LogP contribution >= 0.6 is 0 Å². The lowest BCUT2D eigenvalue weighted by Crippen LogP contribution is -2.44. The van der Waals surface area contributed by atoms with E-state index in [1.807, 2.05) is 37.3 Å². The normalized spacial score (nSPS) is 31.8. The van der Waals surface area contributed by atoms with Gasteiger partial charge in [-0.15, -0.1) is 0 Å². The average molecular weight is 308 g/mol. The third-order valence-corrected chi connectivity index (χ3v) is 6.07. The Kier molecular flexibility index (Phi) is 3.75. The summed E-state index contributed by atoms with van der Waals surface area (Å²) >= 11 is 0. The molecular weight excluding hydrogens is 288 g/mol. The van der Waals surface area contributed by atoms with E-state index in [0.29, 0.717) is 6.42 Å². The Morgan fingerprint density at radius 1 is 1.29 bits per heavy atom. The molecule has 2 fully saturated rings. The minimum atomic E-state index is -2.99. The van der Waals surface area contributed by atoms with E-state index in [-0.39, 0.29) is 35.7 Å². The lowest BCUT2D eigenvalue weighted by Gasteiger charge is -2.28. The van der Waals surface area contributed by atoms with Crippen molar-refractivity contribution in [2.45, 2.75) is 38.0 Å². The molecule has 114 valence electrons. The number of amides is 1. The number of hydrogen-bond donors (Lipinski definition) is 1. The summed E-state index contributed by atoms with van der Waals surface area (Å²) in [6.07, 6.45) is 1.24. The summed E-state index contributed by atoms with van der Waals surface area (Å²) < 4.78 is 23.4. The Labute approximate surface area is 125 Å². The van der Waals surface area contributed by atoms with Crippen molar-refractivity contribution in [3.8, 4) is 0 Å².